The molecule has 1 heterocycles. The van der Waals surface area contributed by atoms with E-state index in [1.165, 1.54) is 37.6 Å². The summed E-state index contributed by atoms with van der Waals surface area (Å²) in [5, 5.41) is 2.56. The Morgan fingerprint density at radius 3 is 2.67 bits per heavy atom. The van der Waals surface area contributed by atoms with Gasteiger partial charge in [-0.15, -0.1) is 0 Å². The van der Waals surface area contributed by atoms with Gasteiger partial charge in [-0.1, -0.05) is 6.07 Å². The first-order chi connectivity index (χ1) is 12.9. The van der Waals surface area contributed by atoms with Crippen LogP contribution in [0.5, 0.6) is 11.5 Å². The van der Waals surface area contributed by atoms with Crippen LogP contribution in [0.3, 0.4) is 0 Å². The first-order valence-corrected chi connectivity index (χ1v) is 8.58. The number of alkyl halides is 4. The smallest absolute Gasteiger partial charge is 0.387 e. The van der Waals surface area contributed by atoms with E-state index < -0.39 is 18.3 Å². The summed E-state index contributed by atoms with van der Waals surface area (Å²) in [4.78, 5) is 16.0. The van der Waals surface area contributed by atoms with Crippen LogP contribution in [-0.4, -0.2) is 36.9 Å². The van der Waals surface area contributed by atoms with Gasteiger partial charge in [-0.2, -0.15) is 17.6 Å². The molecule has 0 aliphatic heterocycles. The van der Waals surface area contributed by atoms with Gasteiger partial charge < -0.3 is 14.8 Å². The number of amides is 1. The largest absolute Gasteiger partial charge is 0.493 e. The highest BCUT2D eigenvalue weighted by Gasteiger charge is 2.16. The third-order valence-electron chi connectivity index (χ3n) is 3.36. The van der Waals surface area contributed by atoms with Crippen LogP contribution in [-0.2, 0) is 6.42 Å². The van der Waals surface area contributed by atoms with Crippen LogP contribution in [0, 0.1) is 0 Å². The fraction of sp³-hybridized carbons (Fsp3) is 0.294. The molecule has 0 fully saturated rings. The Hall–Kier alpha value is -2.49. The van der Waals surface area contributed by atoms with Crippen molar-refractivity contribution in [3.63, 3.8) is 0 Å². The van der Waals surface area contributed by atoms with Crippen molar-refractivity contribution >= 4 is 17.7 Å². The zero-order valence-electron chi connectivity index (χ0n) is 14.1. The number of hydrogen-bond donors (Lipinski definition) is 1. The molecule has 0 atom stereocenters. The maximum atomic E-state index is 12.5. The highest BCUT2D eigenvalue weighted by atomic mass is 32.2. The highest BCUT2D eigenvalue weighted by Crippen LogP contribution is 2.29. The second kappa shape index (κ2) is 10.0. The Bertz CT molecular complexity index is 778. The molecular formula is C17H16F4N2O3S. The third-order valence-corrected chi connectivity index (χ3v) is 4.09. The van der Waals surface area contributed by atoms with Crippen molar-refractivity contribution in [2.45, 2.75) is 23.8 Å². The summed E-state index contributed by atoms with van der Waals surface area (Å²) in [6.07, 6.45) is 1.70. The standard InChI is InChI=1S/C17H16F4N2O3S/c1-25-13-9-10(4-5-12(13)26-16(18)19)6-8-22-14(24)11-3-2-7-23-15(11)27-17(20)21/h2-5,7,9,16-17H,6,8H2,1H3,(H,22,24). The van der Waals surface area contributed by atoms with Crippen LogP contribution in [0.15, 0.2) is 41.6 Å². The Morgan fingerprint density at radius 2 is 2.00 bits per heavy atom. The Balaban J connectivity index is 1.97. The first-order valence-electron chi connectivity index (χ1n) is 7.70. The van der Waals surface area contributed by atoms with Crippen LogP contribution in [0.1, 0.15) is 15.9 Å². The fourth-order valence-electron chi connectivity index (χ4n) is 2.22. The molecule has 0 saturated heterocycles. The SMILES string of the molecule is COc1cc(CCNC(=O)c2cccnc2SC(F)F)ccc1OC(F)F. The van der Waals surface area contributed by atoms with E-state index in [2.05, 4.69) is 15.0 Å². The molecule has 1 aromatic carbocycles. The molecule has 0 radical (unpaired) electrons. The van der Waals surface area contributed by atoms with Crippen LogP contribution >= 0.6 is 11.8 Å². The minimum atomic E-state index is -2.97. The van der Waals surface area contributed by atoms with E-state index in [9.17, 15) is 22.4 Å². The highest BCUT2D eigenvalue weighted by molar-refractivity contribution is 7.99. The number of rotatable bonds is 9. The minimum Gasteiger partial charge on any atom is -0.493 e. The van der Waals surface area contributed by atoms with Gasteiger partial charge in [0.1, 0.15) is 5.03 Å². The van der Waals surface area contributed by atoms with Gasteiger partial charge in [-0.05, 0) is 48.0 Å². The lowest BCUT2D eigenvalue weighted by Crippen LogP contribution is -2.26. The first kappa shape index (κ1) is 20.8. The second-order valence-electron chi connectivity index (χ2n) is 5.10. The maximum Gasteiger partial charge on any atom is 0.387 e. The molecule has 1 aromatic heterocycles. The average molecular weight is 404 g/mol. The van der Waals surface area contributed by atoms with Crippen molar-refractivity contribution in [1.82, 2.24) is 10.3 Å². The molecule has 2 aromatic rings. The van der Waals surface area contributed by atoms with E-state index in [1.807, 2.05) is 0 Å². The fourth-order valence-corrected chi connectivity index (χ4v) is 2.80. The summed E-state index contributed by atoms with van der Waals surface area (Å²) < 4.78 is 59.1. The summed E-state index contributed by atoms with van der Waals surface area (Å²) in [5.41, 5.74) is 0.767. The Labute approximate surface area is 157 Å². The van der Waals surface area contributed by atoms with Gasteiger partial charge in [0.15, 0.2) is 11.5 Å². The van der Waals surface area contributed by atoms with Gasteiger partial charge >= 0.3 is 6.61 Å². The van der Waals surface area contributed by atoms with Crippen LogP contribution in [0.25, 0.3) is 0 Å². The second-order valence-corrected chi connectivity index (χ2v) is 6.08. The molecule has 0 aliphatic carbocycles. The maximum absolute atomic E-state index is 12.5. The number of nitrogens with zero attached hydrogens (tertiary/aromatic N) is 1. The van der Waals surface area contributed by atoms with Gasteiger partial charge in [0, 0.05) is 12.7 Å². The van der Waals surface area contributed by atoms with E-state index in [4.69, 9.17) is 4.74 Å². The summed E-state index contributed by atoms with van der Waals surface area (Å²) in [6.45, 7) is -2.77. The molecule has 5 nitrogen and oxygen atoms in total. The van der Waals surface area contributed by atoms with Gasteiger partial charge in [0.25, 0.3) is 11.7 Å². The summed E-state index contributed by atoms with van der Waals surface area (Å²) >= 11 is 0.198. The van der Waals surface area contributed by atoms with E-state index in [0.29, 0.717) is 12.0 Å². The summed E-state index contributed by atoms with van der Waals surface area (Å²) in [6, 6.07) is 7.32. The van der Waals surface area contributed by atoms with E-state index in [1.54, 1.807) is 6.07 Å². The molecule has 27 heavy (non-hydrogen) atoms. The van der Waals surface area contributed by atoms with Crippen molar-refractivity contribution in [2.24, 2.45) is 0 Å². The summed E-state index contributed by atoms with van der Waals surface area (Å²) in [7, 11) is 1.32. The van der Waals surface area contributed by atoms with E-state index in [0.717, 1.165) is 0 Å². The minimum absolute atomic E-state index is 0.0554. The zero-order valence-corrected chi connectivity index (χ0v) is 14.9. The molecule has 0 spiro atoms. The lowest BCUT2D eigenvalue weighted by atomic mass is 10.1. The normalized spacial score (nSPS) is 10.9. The van der Waals surface area contributed by atoms with Gasteiger partial charge in [0.2, 0.25) is 0 Å². The van der Waals surface area contributed by atoms with Crippen molar-refractivity contribution in [1.29, 1.82) is 0 Å². The van der Waals surface area contributed by atoms with Crippen molar-refractivity contribution < 1.29 is 31.8 Å². The van der Waals surface area contributed by atoms with Gasteiger partial charge in [0.05, 0.1) is 12.7 Å². The van der Waals surface area contributed by atoms with Crippen molar-refractivity contribution in [2.75, 3.05) is 13.7 Å². The number of pyridine rings is 1. The number of aromatic nitrogens is 1. The summed E-state index contributed by atoms with van der Waals surface area (Å²) in [5.74, 6) is -3.17. The molecule has 0 aliphatic rings. The number of nitrogens with one attached hydrogen (secondary N) is 1. The molecule has 0 bridgehead atoms. The molecule has 1 N–H and O–H groups in total. The molecular weight excluding hydrogens is 388 g/mol. The number of ether oxygens (including phenoxy) is 2. The number of thioether (sulfide) groups is 1. The van der Waals surface area contributed by atoms with Gasteiger partial charge in [-0.3, -0.25) is 4.79 Å². The monoisotopic (exact) mass is 404 g/mol. The molecule has 146 valence electrons. The molecule has 0 unspecified atom stereocenters. The van der Waals surface area contributed by atoms with Crippen molar-refractivity contribution in [3.8, 4) is 11.5 Å². The lowest BCUT2D eigenvalue weighted by Gasteiger charge is -2.12. The van der Waals surface area contributed by atoms with Gasteiger partial charge in [-0.25, -0.2) is 4.98 Å². The quantitative estimate of drug-likeness (QED) is 0.506. The predicted octanol–water partition coefficient (Wildman–Crippen LogP) is 3.98. The van der Waals surface area contributed by atoms with E-state index in [-0.39, 0.29) is 40.4 Å². The Kier molecular flexibility index (Phi) is 7.71. The van der Waals surface area contributed by atoms with Crippen LogP contribution in [0.4, 0.5) is 17.6 Å². The van der Waals surface area contributed by atoms with Crippen LogP contribution in [0.2, 0.25) is 0 Å². The Morgan fingerprint density at radius 1 is 1.22 bits per heavy atom. The number of carbonyl (C=O) groups is 1. The van der Waals surface area contributed by atoms with E-state index >= 15 is 0 Å². The molecule has 10 heteroatoms. The van der Waals surface area contributed by atoms with Crippen LogP contribution < -0.4 is 14.8 Å². The average Bonchev–Trinajstić information content (AvgIpc) is 2.62. The number of halogens is 4. The molecule has 2 rings (SSSR count). The lowest BCUT2D eigenvalue weighted by molar-refractivity contribution is -0.0512. The number of hydrogen-bond acceptors (Lipinski definition) is 5. The number of carbonyl (C=O) groups excluding carboxylic acids is 1. The topological polar surface area (TPSA) is 60.5 Å². The number of benzene rings is 1. The predicted molar refractivity (Wildman–Crippen MR) is 91.8 cm³/mol. The molecule has 1 amide bonds. The zero-order chi connectivity index (χ0) is 19.8. The molecule has 0 saturated carbocycles. The number of methoxy groups -OCH3 is 1. The van der Waals surface area contributed by atoms with Crippen molar-refractivity contribution in [3.05, 3.63) is 47.7 Å². The third kappa shape index (κ3) is 6.31.